The fourth-order valence-corrected chi connectivity index (χ4v) is 1.98. The van der Waals surface area contributed by atoms with Gasteiger partial charge in [-0.05, 0) is 24.1 Å². The van der Waals surface area contributed by atoms with E-state index in [0.29, 0.717) is 12.8 Å². The van der Waals surface area contributed by atoms with Crippen LogP contribution in [0.2, 0.25) is 0 Å². The van der Waals surface area contributed by atoms with Crippen LogP contribution in [0.4, 0.5) is 0 Å². The summed E-state index contributed by atoms with van der Waals surface area (Å²) in [6.07, 6.45) is 1.36. The van der Waals surface area contributed by atoms with Gasteiger partial charge in [-0.3, -0.25) is 4.79 Å². The molecule has 0 aliphatic carbocycles. The van der Waals surface area contributed by atoms with Crippen molar-refractivity contribution < 1.29 is 15.0 Å². The molecule has 2 aromatic carbocycles. The number of rotatable bonds is 5. The van der Waals surface area contributed by atoms with Crippen LogP contribution in [-0.2, 0) is 6.42 Å². The smallest absolute Gasteiger partial charge is 0.275 e. The van der Waals surface area contributed by atoms with Crippen molar-refractivity contribution in [3.8, 4) is 11.5 Å². The molecule has 0 aliphatic rings. The van der Waals surface area contributed by atoms with Crippen molar-refractivity contribution in [1.29, 1.82) is 0 Å². The van der Waals surface area contributed by atoms with E-state index in [1.807, 2.05) is 37.3 Å². The highest BCUT2D eigenvalue weighted by Gasteiger charge is 2.11. The van der Waals surface area contributed by atoms with Gasteiger partial charge in [0.2, 0.25) is 0 Å². The minimum Gasteiger partial charge on any atom is -0.508 e. The number of amides is 1. The largest absolute Gasteiger partial charge is 0.508 e. The number of hydrazone groups is 1. The Hall–Kier alpha value is -2.82. The van der Waals surface area contributed by atoms with Crippen LogP contribution in [0.1, 0.15) is 29.3 Å². The van der Waals surface area contributed by atoms with Crippen molar-refractivity contribution in [2.24, 2.45) is 5.10 Å². The highest BCUT2D eigenvalue weighted by Crippen LogP contribution is 2.22. The molecule has 0 saturated carbocycles. The summed E-state index contributed by atoms with van der Waals surface area (Å²) >= 11 is 0. The Morgan fingerprint density at radius 2 is 1.86 bits per heavy atom. The summed E-state index contributed by atoms with van der Waals surface area (Å²) in [5.41, 5.74) is 4.45. The first-order valence-corrected chi connectivity index (χ1v) is 7.02. The average Bonchev–Trinajstić information content (AvgIpc) is 2.52. The fraction of sp³-hybridized carbons (Fsp3) is 0.176. The van der Waals surface area contributed by atoms with E-state index in [4.69, 9.17) is 0 Å². The molecule has 0 saturated heterocycles. The molecule has 114 valence electrons. The number of aromatic hydroxyl groups is 2. The van der Waals surface area contributed by atoms with Crippen LogP contribution in [-0.4, -0.2) is 21.8 Å². The van der Waals surface area contributed by atoms with Crippen LogP contribution in [0.5, 0.6) is 11.5 Å². The molecular formula is C17H18N2O3. The lowest BCUT2D eigenvalue weighted by Crippen LogP contribution is -2.20. The Bertz CT molecular complexity index is 682. The highest BCUT2D eigenvalue weighted by atomic mass is 16.3. The van der Waals surface area contributed by atoms with Crippen LogP contribution >= 0.6 is 0 Å². The van der Waals surface area contributed by atoms with Gasteiger partial charge >= 0.3 is 0 Å². The first-order chi connectivity index (χ1) is 10.6. The predicted molar refractivity (Wildman–Crippen MR) is 85.1 cm³/mol. The molecule has 0 aromatic heterocycles. The van der Waals surface area contributed by atoms with E-state index < -0.39 is 5.91 Å². The molecule has 2 aromatic rings. The predicted octanol–water partition coefficient (Wildman–Crippen LogP) is 2.84. The number of hydrogen-bond donors (Lipinski definition) is 3. The molecule has 5 heteroatoms. The van der Waals surface area contributed by atoms with Crippen molar-refractivity contribution in [1.82, 2.24) is 5.43 Å². The molecule has 0 heterocycles. The molecule has 1 amide bonds. The molecule has 0 bridgehead atoms. The summed E-state index contributed by atoms with van der Waals surface area (Å²) in [7, 11) is 0. The number of nitrogens with one attached hydrogen (secondary N) is 1. The number of phenols is 2. The van der Waals surface area contributed by atoms with Gasteiger partial charge in [0.15, 0.2) is 0 Å². The molecular weight excluding hydrogens is 280 g/mol. The third-order valence-electron chi connectivity index (χ3n) is 3.20. The van der Waals surface area contributed by atoms with Gasteiger partial charge in [0, 0.05) is 18.2 Å². The third kappa shape index (κ3) is 4.09. The maximum absolute atomic E-state index is 12.0. The van der Waals surface area contributed by atoms with E-state index in [9.17, 15) is 15.0 Å². The monoisotopic (exact) mass is 298 g/mol. The molecule has 2 rings (SSSR count). The topological polar surface area (TPSA) is 81.9 Å². The summed E-state index contributed by atoms with van der Waals surface area (Å²) in [4.78, 5) is 12.0. The molecule has 0 unspecified atom stereocenters. The third-order valence-corrected chi connectivity index (χ3v) is 3.20. The second-order valence-electron chi connectivity index (χ2n) is 4.84. The van der Waals surface area contributed by atoms with E-state index in [2.05, 4.69) is 10.5 Å². The molecule has 0 spiro atoms. The minimum atomic E-state index is -0.517. The number of carbonyl (C=O) groups is 1. The van der Waals surface area contributed by atoms with Crippen molar-refractivity contribution in [2.75, 3.05) is 0 Å². The van der Waals surface area contributed by atoms with Gasteiger partial charge in [0.05, 0.1) is 5.56 Å². The van der Waals surface area contributed by atoms with E-state index in [1.165, 1.54) is 12.1 Å². The van der Waals surface area contributed by atoms with Crippen LogP contribution in [0.25, 0.3) is 0 Å². The zero-order valence-corrected chi connectivity index (χ0v) is 12.3. The standard InChI is InChI=1S/C17H18N2O3/c1-2-13(10-12-6-4-3-5-7-12)18-19-17(22)15-9-8-14(20)11-16(15)21/h3-9,11,20-21H,2,10H2,1H3,(H,19,22). The van der Waals surface area contributed by atoms with Crippen molar-refractivity contribution in [3.05, 3.63) is 59.7 Å². The fourth-order valence-electron chi connectivity index (χ4n) is 1.98. The first kappa shape index (κ1) is 15.6. The maximum Gasteiger partial charge on any atom is 0.275 e. The number of benzene rings is 2. The minimum absolute atomic E-state index is 0.0664. The summed E-state index contributed by atoms with van der Waals surface area (Å²) < 4.78 is 0. The van der Waals surface area contributed by atoms with Gasteiger partial charge in [-0.15, -0.1) is 0 Å². The van der Waals surface area contributed by atoms with Gasteiger partial charge in [-0.1, -0.05) is 37.3 Å². The molecule has 0 atom stereocenters. The summed E-state index contributed by atoms with van der Waals surface area (Å²) in [6.45, 7) is 1.96. The zero-order valence-electron chi connectivity index (χ0n) is 12.3. The Labute approximate surface area is 128 Å². The highest BCUT2D eigenvalue weighted by molar-refractivity contribution is 5.98. The summed E-state index contributed by atoms with van der Waals surface area (Å²) in [5, 5.41) is 23.0. The van der Waals surface area contributed by atoms with E-state index in [-0.39, 0.29) is 17.1 Å². The van der Waals surface area contributed by atoms with E-state index >= 15 is 0 Å². The van der Waals surface area contributed by atoms with E-state index in [0.717, 1.165) is 17.3 Å². The number of hydrogen-bond acceptors (Lipinski definition) is 4. The van der Waals surface area contributed by atoms with Crippen molar-refractivity contribution in [2.45, 2.75) is 19.8 Å². The SMILES string of the molecule is CCC(Cc1ccccc1)=NNC(=O)c1ccc(O)cc1O. The number of carbonyl (C=O) groups excluding carboxylic acids is 1. The molecule has 22 heavy (non-hydrogen) atoms. The maximum atomic E-state index is 12.0. The van der Waals surface area contributed by atoms with Gasteiger partial charge in [0.25, 0.3) is 5.91 Å². The molecule has 0 radical (unpaired) electrons. The Balaban J connectivity index is 2.06. The van der Waals surface area contributed by atoms with Crippen molar-refractivity contribution >= 4 is 11.6 Å². The lowest BCUT2D eigenvalue weighted by Gasteiger charge is -2.06. The van der Waals surface area contributed by atoms with Gasteiger partial charge < -0.3 is 10.2 Å². The van der Waals surface area contributed by atoms with Crippen LogP contribution in [0.15, 0.2) is 53.6 Å². The Kier molecular flexibility index (Phi) is 5.14. The number of phenolic OH excluding ortho intramolecular Hbond substituents is 2. The molecule has 3 N–H and O–H groups in total. The van der Waals surface area contributed by atoms with Gasteiger partial charge in [0.1, 0.15) is 11.5 Å². The lowest BCUT2D eigenvalue weighted by atomic mass is 10.1. The Morgan fingerprint density at radius 1 is 1.14 bits per heavy atom. The normalized spacial score (nSPS) is 11.2. The molecule has 5 nitrogen and oxygen atoms in total. The first-order valence-electron chi connectivity index (χ1n) is 7.02. The average molecular weight is 298 g/mol. The van der Waals surface area contributed by atoms with Gasteiger partial charge in [-0.25, -0.2) is 5.43 Å². The second kappa shape index (κ2) is 7.26. The molecule has 0 fully saturated rings. The molecule has 0 aliphatic heterocycles. The van der Waals surface area contributed by atoms with Gasteiger partial charge in [-0.2, -0.15) is 5.10 Å². The zero-order chi connectivity index (χ0) is 15.9. The quantitative estimate of drug-likeness (QED) is 0.586. The lowest BCUT2D eigenvalue weighted by molar-refractivity contribution is 0.0952. The summed E-state index contributed by atoms with van der Waals surface area (Å²) in [5.74, 6) is -0.902. The van der Waals surface area contributed by atoms with Crippen LogP contribution in [0.3, 0.4) is 0 Å². The summed E-state index contributed by atoms with van der Waals surface area (Å²) in [6, 6.07) is 13.6. The second-order valence-corrected chi connectivity index (χ2v) is 4.84. The van der Waals surface area contributed by atoms with Crippen LogP contribution in [0, 0.1) is 0 Å². The Morgan fingerprint density at radius 3 is 2.50 bits per heavy atom. The van der Waals surface area contributed by atoms with Crippen molar-refractivity contribution in [3.63, 3.8) is 0 Å². The van der Waals surface area contributed by atoms with E-state index in [1.54, 1.807) is 0 Å². The number of nitrogens with zero attached hydrogens (tertiary/aromatic N) is 1. The van der Waals surface area contributed by atoms with Crippen LogP contribution < -0.4 is 5.43 Å².